The fourth-order valence-electron chi connectivity index (χ4n) is 2.61. The second-order valence-electron chi connectivity index (χ2n) is 6.11. The van der Waals surface area contributed by atoms with Crippen molar-refractivity contribution in [1.82, 2.24) is 5.32 Å². The lowest BCUT2D eigenvalue weighted by atomic mass is 9.88. The first kappa shape index (κ1) is 19.6. The number of ether oxygens (including phenoxy) is 1. The molecule has 1 aliphatic heterocycles. The van der Waals surface area contributed by atoms with Gasteiger partial charge in [-0.1, -0.05) is 42.8 Å². The number of carbonyl (C=O) groups is 1. The number of hydrogen-bond donors (Lipinski definition) is 2. The zero-order valence-electron chi connectivity index (χ0n) is 14.0. The van der Waals surface area contributed by atoms with Gasteiger partial charge in [0.1, 0.15) is 12.4 Å². The molecule has 0 bridgehead atoms. The van der Waals surface area contributed by atoms with Crippen molar-refractivity contribution in [2.24, 2.45) is 11.8 Å². The number of hydrogen-bond acceptors (Lipinski definition) is 3. The molecule has 4 nitrogen and oxygen atoms in total. The number of amides is 1. The predicted molar refractivity (Wildman–Crippen MR) is 104 cm³/mol. The van der Waals surface area contributed by atoms with Crippen LogP contribution in [0.15, 0.2) is 48.5 Å². The van der Waals surface area contributed by atoms with E-state index >= 15 is 0 Å². The van der Waals surface area contributed by atoms with Gasteiger partial charge in [0.2, 0.25) is 5.91 Å². The molecule has 1 saturated heterocycles. The van der Waals surface area contributed by atoms with Gasteiger partial charge in [0.25, 0.3) is 0 Å². The van der Waals surface area contributed by atoms with Crippen molar-refractivity contribution in [2.45, 2.75) is 13.5 Å². The number of benzene rings is 2. The summed E-state index contributed by atoms with van der Waals surface area (Å²) in [6, 6.07) is 15.0. The number of nitrogens with one attached hydrogen (secondary N) is 2. The second-order valence-corrected chi connectivity index (χ2v) is 6.55. The predicted octanol–water partition coefficient (Wildman–Crippen LogP) is 4.13. The summed E-state index contributed by atoms with van der Waals surface area (Å²) in [5.41, 5.74) is 1.68. The number of para-hydroxylation sites is 2. The van der Waals surface area contributed by atoms with Crippen molar-refractivity contribution in [2.75, 3.05) is 18.4 Å². The van der Waals surface area contributed by atoms with Gasteiger partial charge in [-0.3, -0.25) is 4.79 Å². The highest BCUT2D eigenvalue weighted by Crippen LogP contribution is 2.27. The lowest BCUT2D eigenvalue weighted by Crippen LogP contribution is -2.48. The molecule has 6 heteroatoms. The van der Waals surface area contributed by atoms with E-state index in [2.05, 4.69) is 10.6 Å². The summed E-state index contributed by atoms with van der Waals surface area (Å²) in [4.78, 5) is 12.4. The quantitative estimate of drug-likeness (QED) is 0.791. The van der Waals surface area contributed by atoms with E-state index in [0.717, 1.165) is 18.7 Å². The summed E-state index contributed by atoms with van der Waals surface area (Å²) in [6.07, 6.45) is 0. The van der Waals surface area contributed by atoms with Crippen LogP contribution in [-0.4, -0.2) is 19.0 Å². The summed E-state index contributed by atoms with van der Waals surface area (Å²) in [6.45, 7) is 4.18. The smallest absolute Gasteiger partial charge is 0.227 e. The molecule has 1 aliphatic rings. The fraction of sp³-hybridized carbons (Fsp3) is 0.316. The lowest BCUT2D eigenvalue weighted by Gasteiger charge is -2.31. The molecule has 1 unspecified atom stereocenters. The van der Waals surface area contributed by atoms with Crippen LogP contribution in [0.3, 0.4) is 0 Å². The molecule has 25 heavy (non-hydrogen) atoms. The van der Waals surface area contributed by atoms with E-state index in [9.17, 15) is 4.79 Å². The van der Waals surface area contributed by atoms with Crippen molar-refractivity contribution in [3.8, 4) is 5.75 Å². The van der Waals surface area contributed by atoms with Crippen LogP contribution in [0, 0.1) is 11.8 Å². The Morgan fingerprint density at radius 3 is 2.72 bits per heavy atom. The third-order valence-electron chi connectivity index (χ3n) is 4.36. The minimum absolute atomic E-state index is 0. The lowest BCUT2D eigenvalue weighted by molar-refractivity contribution is -0.121. The highest BCUT2D eigenvalue weighted by molar-refractivity contribution is 6.30. The van der Waals surface area contributed by atoms with Gasteiger partial charge >= 0.3 is 0 Å². The van der Waals surface area contributed by atoms with Crippen LogP contribution in [0.2, 0.25) is 5.02 Å². The van der Waals surface area contributed by atoms with Crippen LogP contribution in [-0.2, 0) is 11.4 Å². The molecule has 2 N–H and O–H groups in total. The molecule has 0 aromatic heterocycles. The Hall–Kier alpha value is -1.75. The number of anilines is 1. The third-order valence-corrected chi connectivity index (χ3v) is 4.60. The molecule has 2 aromatic rings. The molecule has 2 aromatic carbocycles. The van der Waals surface area contributed by atoms with Crippen LogP contribution in [0.1, 0.15) is 12.5 Å². The van der Waals surface area contributed by atoms with Gasteiger partial charge in [0, 0.05) is 10.9 Å². The van der Waals surface area contributed by atoms with E-state index < -0.39 is 0 Å². The largest absolute Gasteiger partial charge is 0.487 e. The van der Waals surface area contributed by atoms with E-state index in [4.69, 9.17) is 16.3 Å². The first-order valence-electron chi connectivity index (χ1n) is 8.11. The summed E-state index contributed by atoms with van der Waals surface area (Å²) < 4.78 is 5.87. The Morgan fingerprint density at radius 2 is 2.04 bits per heavy atom. The van der Waals surface area contributed by atoms with Crippen LogP contribution in [0.5, 0.6) is 5.75 Å². The maximum atomic E-state index is 12.4. The number of halogens is 2. The van der Waals surface area contributed by atoms with Gasteiger partial charge in [0.05, 0.1) is 5.69 Å². The first-order valence-corrected chi connectivity index (χ1v) is 8.49. The normalized spacial score (nSPS) is 14.8. The molecule has 1 amide bonds. The van der Waals surface area contributed by atoms with Crippen molar-refractivity contribution < 1.29 is 9.53 Å². The molecule has 134 valence electrons. The Balaban J connectivity index is 0.00000225. The molecule has 0 aliphatic carbocycles. The SMILES string of the molecule is CC(C(=O)Nc1ccccc1OCc1cccc(Cl)c1)C1CNC1.Cl. The molecule has 0 saturated carbocycles. The summed E-state index contributed by atoms with van der Waals surface area (Å²) in [5.74, 6) is 1.07. The van der Waals surface area contributed by atoms with Crippen molar-refractivity contribution in [3.63, 3.8) is 0 Å². The minimum atomic E-state index is -0.0211. The van der Waals surface area contributed by atoms with Gasteiger partial charge < -0.3 is 15.4 Å². The maximum absolute atomic E-state index is 12.4. The van der Waals surface area contributed by atoms with Crippen molar-refractivity contribution in [3.05, 3.63) is 59.1 Å². The molecular weight excluding hydrogens is 359 g/mol. The monoisotopic (exact) mass is 380 g/mol. The van der Waals surface area contributed by atoms with E-state index in [1.54, 1.807) is 0 Å². The zero-order chi connectivity index (χ0) is 16.9. The highest BCUT2D eigenvalue weighted by atomic mass is 35.5. The second kappa shape index (κ2) is 9.09. The topological polar surface area (TPSA) is 50.4 Å². The summed E-state index contributed by atoms with van der Waals surface area (Å²) in [7, 11) is 0. The van der Waals surface area contributed by atoms with Crippen molar-refractivity contribution >= 4 is 35.6 Å². The molecular formula is C19H22Cl2N2O2. The minimum Gasteiger partial charge on any atom is -0.487 e. The number of carbonyl (C=O) groups excluding carboxylic acids is 1. The van der Waals surface area contributed by atoms with Gasteiger partial charge in [0.15, 0.2) is 0 Å². The Bertz CT molecular complexity index is 720. The molecule has 1 atom stereocenters. The maximum Gasteiger partial charge on any atom is 0.227 e. The van der Waals surface area contributed by atoms with Crippen LogP contribution in [0.4, 0.5) is 5.69 Å². The van der Waals surface area contributed by atoms with Crippen LogP contribution < -0.4 is 15.4 Å². The average Bonchev–Trinajstić information content (AvgIpc) is 2.52. The molecule has 1 heterocycles. The average molecular weight is 381 g/mol. The third kappa shape index (κ3) is 5.11. The Morgan fingerprint density at radius 1 is 1.28 bits per heavy atom. The van der Waals surface area contributed by atoms with E-state index in [0.29, 0.717) is 29.0 Å². The van der Waals surface area contributed by atoms with Gasteiger partial charge in [-0.05, 0) is 48.8 Å². The fourth-order valence-corrected chi connectivity index (χ4v) is 2.82. The van der Waals surface area contributed by atoms with Crippen molar-refractivity contribution in [1.29, 1.82) is 0 Å². The van der Waals surface area contributed by atoms with Gasteiger partial charge in [-0.25, -0.2) is 0 Å². The van der Waals surface area contributed by atoms with Gasteiger partial charge in [-0.15, -0.1) is 12.4 Å². The van der Waals surface area contributed by atoms with E-state index in [-0.39, 0.29) is 24.2 Å². The molecule has 0 spiro atoms. The first-order chi connectivity index (χ1) is 11.6. The molecule has 0 radical (unpaired) electrons. The molecule has 1 fully saturated rings. The number of rotatable bonds is 6. The van der Waals surface area contributed by atoms with E-state index in [1.807, 2.05) is 55.5 Å². The van der Waals surface area contributed by atoms with E-state index in [1.165, 1.54) is 0 Å². The summed E-state index contributed by atoms with van der Waals surface area (Å²) in [5, 5.41) is 6.87. The molecule has 3 rings (SSSR count). The Kier molecular flexibility index (Phi) is 7.12. The van der Waals surface area contributed by atoms with Gasteiger partial charge in [-0.2, -0.15) is 0 Å². The summed E-state index contributed by atoms with van der Waals surface area (Å²) >= 11 is 5.99. The zero-order valence-corrected chi connectivity index (χ0v) is 15.6. The standard InChI is InChI=1S/C19H21ClN2O2.ClH/c1-13(15-10-21-11-15)19(23)22-17-7-2-3-8-18(17)24-12-14-5-4-6-16(20)9-14;/h2-9,13,15,21H,10-12H2,1H3,(H,22,23);1H. The Labute approximate surface area is 159 Å². The van der Waals surface area contributed by atoms with Crippen LogP contribution >= 0.6 is 24.0 Å². The highest BCUT2D eigenvalue weighted by Gasteiger charge is 2.29. The van der Waals surface area contributed by atoms with Crippen LogP contribution in [0.25, 0.3) is 0 Å².